The summed E-state index contributed by atoms with van der Waals surface area (Å²) in [6.45, 7) is 7.69. The summed E-state index contributed by atoms with van der Waals surface area (Å²) in [7, 11) is 1.70. The number of hydrogen-bond acceptors (Lipinski definition) is 4. The fourth-order valence-corrected chi connectivity index (χ4v) is 2.14. The monoisotopic (exact) mass is 230 g/mol. The van der Waals surface area contributed by atoms with Crippen molar-refractivity contribution in [2.75, 3.05) is 46.6 Å². The third-order valence-electron chi connectivity index (χ3n) is 3.36. The van der Waals surface area contributed by atoms with Gasteiger partial charge in [0.05, 0.1) is 19.8 Å². The predicted molar refractivity (Wildman–Crippen MR) is 65.5 cm³/mol. The fraction of sp³-hybridized carbons (Fsp3) is 1.00. The molecule has 1 rings (SSSR count). The van der Waals surface area contributed by atoms with Gasteiger partial charge in [0.25, 0.3) is 0 Å². The van der Waals surface area contributed by atoms with Gasteiger partial charge in [0, 0.05) is 19.7 Å². The third-order valence-corrected chi connectivity index (χ3v) is 3.36. The number of ether oxygens (including phenoxy) is 2. The average Bonchev–Trinajstić information content (AvgIpc) is 2.29. The van der Waals surface area contributed by atoms with E-state index >= 15 is 0 Å². The van der Waals surface area contributed by atoms with Gasteiger partial charge in [0.2, 0.25) is 0 Å². The first-order valence-electron chi connectivity index (χ1n) is 6.28. The average molecular weight is 230 g/mol. The van der Waals surface area contributed by atoms with E-state index in [-0.39, 0.29) is 0 Å². The molecule has 0 aliphatic carbocycles. The Hall–Kier alpha value is -0.160. The van der Waals surface area contributed by atoms with Crippen molar-refractivity contribution in [2.45, 2.75) is 25.8 Å². The molecule has 0 aromatic heterocycles. The van der Waals surface area contributed by atoms with E-state index in [1.807, 2.05) is 0 Å². The lowest BCUT2D eigenvalue weighted by Crippen LogP contribution is -2.40. The van der Waals surface area contributed by atoms with Crippen LogP contribution in [0.4, 0.5) is 0 Å². The molecule has 1 atom stereocenters. The molecule has 16 heavy (non-hydrogen) atoms. The van der Waals surface area contributed by atoms with Gasteiger partial charge in [0.15, 0.2) is 0 Å². The molecule has 1 unspecified atom stereocenters. The molecule has 1 aliphatic rings. The number of rotatable bonds is 7. The van der Waals surface area contributed by atoms with E-state index in [4.69, 9.17) is 15.2 Å². The Morgan fingerprint density at radius 1 is 1.25 bits per heavy atom. The third kappa shape index (κ3) is 5.25. The zero-order chi connectivity index (χ0) is 11.8. The van der Waals surface area contributed by atoms with Crippen LogP contribution in [0.15, 0.2) is 0 Å². The normalized spacial score (nSPS) is 21.2. The Balaban J connectivity index is 1.99. The minimum atomic E-state index is 0.347. The molecule has 2 N–H and O–H groups in total. The van der Waals surface area contributed by atoms with Crippen molar-refractivity contribution in [1.29, 1.82) is 0 Å². The van der Waals surface area contributed by atoms with Gasteiger partial charge in [-0.1, -0.05) is 0 Å². The first-order valence-corrected chi connectivity index (χ1v) is 6.28. The summed E-state index contributed by atoms with van der Waals surface area (Å²) >= 11 is 0. The summed E-state index contributed by atoms with van der Waals surface area (Å²) in [6, 6.07) is 0.347. The van der Waals surface area contributed by atoms with E-state index in [1.165, 1.54) is 25.9 Å². The highest BCUT2D eigenvalue weighted by atomic mass is 16.5. The molecule has 1 heterocycles. The summed E-state index contributed by atoms with van der Waals surface area (Å²) in [6.07, 6.45) is 2.46. The number of hydrogen-bond donors (Lipinski definition) is 1. The lowest BCUT2D eigenvalue weighted by Gasteiger charge is -2.33. The van der Waals surface area contributed by atoms with Gasteiger partial charge in [-0.25, -0.2) is 0 Å². The Morgan fingerprint density at radius 3 is 2.50 bits per heavy atom. The SMILES string of the molecule is COCCOCCN1CCC(C(C)N)CC1. The maximum absolute atomic E-state index is 5.91. The fourth-order valence-electron chi connectivity index (χ4n) is 2.14. The van der Waals surface area contributed by atoms with E-state index in [0.29, 0.717) is 25.2 Å². The van der Waals surface area contributed by atoms with Gasteiger partial charge < -0.3 is 20.1 Å². The lowest BCUT2D eigenvalue weighted by molar-refractivity contribution is 0.0502. The minimum absolute atomic E-state index is 0.347. The molecule has 4 nitrogen and oxygen atoms in total. The van der Waals surface area contributed by atoms with Crippen LogP contribution in [0.1, 0.15) is 19.8 Å². The summed E-state index contributed by atoms with van der Waals surface area (Å²) in [5.41, 5.74) is 5.91. The van der Waals surface area contributed by atoms with Gasteiger partial charge in [0.1, 0.15) is 0 Å². The van der Waals surface area contributed by atoms with Crippen LogP contribution in [0.25, 0.3) is 0 Å². The maximum atomic E-state index is 5.91. The van der Waals surface area contributed by atoms with Gasteiger partial charge >= 0.3 is 0 Å². The van der Waals surface area contributed by atoms with Crippen LogP contribution >= 0.6 is 0 Å². The molecule has 0 radical (unpaired) electrons. The van der Waals surface area contributed by atoms with Crippen molar-refractivity contribution in [3.05, 3.63) is 0 Å². The highest BCUT2D eigenvalue weighted by molar-refractivity contribution is 4.77. The first kappa shape index (κ1) is 13.9. The summed E-state index contributed by atoms with van der Waals surface area (Å²) in [4.78, 5) is 2.46. The predicted octanol–water partition coefficient (Wildman–Crippen LogP) is 0.709. The molecule has 96 valence electrons. The van der Waals surface area contributed by atoms with Crippen molar-refractivity contribution in [2.24, 2.45) is 11.7 Å². The summed E-state index contributed by atoms with van der Waals surface area (Å²) in [5.74, 6) is 0.714. The topological polar surface area (TPSA) is 47.7 Å². The molecule has 0 aromatic carbocycles. The lowest BCUT2D eigenvalue weighted by atomic mass is 9.91. The van der Waals surface area contributed by atoms with Crippen LogP contribution in [-0.2, 0) is 9.47 Å². The Labute approximate surface area is 99.1 Å². The highest BCUT2D eigenvalue weighted by Crippen LogP contribution is 2.18. The number of methoxy groups -OCH3 is 1. The van der Waals surface area contributed by atoms with Crippen LogP contribution in [0.5, 0.6) is 0 Å². The van der Waals surface area contributed by atoms with Crippen molar-refractivity contribution >= 4 is 0 Å². The summed E-state index contributed by atoms with van der Waals surface area (Å²) < 4.78 is 10.4. The highest BCUT2D eigenvalue weighted by Gasteiger charge is 2.21. The van der Waals surface area contributed by atoms with Gasteiger partial charge in [-0.05, 0) is 38.8 Å². The molecule has 1 fully saturated rings. The second kappa shape index (κ2) is 8.01. The second-order valence-corrected chi connectivity index (χ2v) is 4.64. The molecule has 0 aromatic rings. The van der Waals surface area contributed by atoms with E-state index in [0.717, 1.165) is 13.2 Å². The second-order valence-electron chi connectivity index (χ2n) is 4.64. The van der Waals surface area contributed by atoms with E-state index in [1.54, 1.807) is 7.11 Å². The van der Waals surface area contributed by atoms with Gasteiger partial charge in [-0.3, -0.25) is 0 Å². The van der Waals surface area contributed by atoms with Crippen molar-refractivity contribution < 1.29 is 9.47 Å². The summed E-state index contributed by atoms with van der Waals surface area (Å²) in [5, 5.41) is 0. The smallest absolute Gasteiger partial charge is 0.0700 e. The largest absolute Gasteiger partial charge is 0.382 e. The van der Waals surface area contributed by atoms with Crippen LogP contribution in [-0.4, -0.2) is 57.5 Å². The number of likely N-dealkylation sites (tertiary alicyclic amines) is 1. The zero-order valence-electron chi connectivity index (χ0n) is 10.7. The number of nitrogens with zero attached hydrogens (tertiary/aromatic N) is 1. The Bertz CT molecular complexity index is 168. The molecule has 1 aliphatic heterocycles. The Kier molecular flexibility index (Phi) is 6.96. The molecule has 4 heteroatoms. The van der Waals surface area contributed by atoms with Gasteiger partial charge in [-0.15, -0.1) is 0 Å². The molecule has 1 saturated heterocycles. The van der Waals surface area contributed by atoms with Gasteiger partial charge in [-0.2, -0.15) is 0 Å². The van der Waals surface area contributed by atoms with Crippen LogP contribution in [0.3, 0.4) is 0 Å². The molecule has 0 amide bonds. The molecule has 0 saturated carbocycles. The van der Waals surface area contributed by atoms with Crippen molar-refractivity contribution in [1.82, 2.24) is 4.90 Å². The standard InChI is InChI=1S/C12H26N2O2/c1-11(13)12-3-5-14(6-4-12)7-8-16-10-9-15-2/h11-12H,3-10,13H2,1-2H3. The van der Waals surface area contributed by atoms with Crippen LogP contribution < -0.4 is 5.73 Å². The minimum Gasteiger partial charge on any atom is -0.382 e. The first-order chi connectivity index (χ1) is 7.74. The molecular weight excluding hydrogens is 204 g/mol. The molecule has 0 spiro atoms. The quantitative estimate of drug-likeness (QED) is 0.654. The maximum Gasteiger partial charge on any atom is 0.0700 e. The Morgan fingerprint density at radius 2 is 1.94 bits per heavy atom. The van der Waals surface area contributed by atoms with Crippen molar-refractivity contribution in [3.63, 3.8) is 0 Å². The number of nitrogens with two attached hydrogens (primary N) is 1. The van der Waals surface area contributed by atoms with Crippen molar-refractivity contribution in [3.8, 4) is 0 Å². The van der Waals surface area contributed by atoms with E-state index < -0.39 is 0 Å². The van der Waals surface area contributed by atoms with Crippen LogP contribution in [0.2, 0.25) is 0 Å². The number of piperidine rings is 1. The molecular formula is C12H26N2O2. The van der Waals surface area contributed by atoms with E-state index in [9.17, 15) is 0 Å². The zero-order valence-corrected chi connectivity index (χ0v) is 10.7. The van der Waals surface area contributed by atoms with Crippen LogP contribution in [0, 0.1) is 5.92 Å². The van der Waals surface area contributed by atoms with E-state index in [2.05, 4.69) is 11.8 Å². The molecule has 0 bridgehead atoms.